The van der Waals surface area contributed by atoms with Gasteiger partial charge in [0, 0.05) is 17.8 Å². The van der Waals surface area contributed by atoms with Crippen LogP contribution in [0.2, 0.25) is 0 Å². The van der Waals surface area contributed by atoms with Gasteiger partial charge in [-0.15, -0.1) is 0 Å². The van der Waals surface area contributed by atoms with Gasteiger partial charge in [-0.25, -0.2) is 0 Å². The molecule has 1 heterocycles. The number of piperidine rings is 1. The van der Waals surface area contributed by atoms with Crippen LogP contribution in [0, 0.1) is 0 Å². The van der Waals surface area contributed by atoms with E-state index < -0.39 is 0 Å². The van der Waals surface area contributed by atoms with Crippen LogP contribution in [0.15, 0.2) is 0 Å². The van der Waals surface area contributed by atoms with Gasteiger partial charge in [0.1, 0.15) is 0 Å². The van der Waals surface area contributed by atoms with Crippen molar-refractivity contribution in [2.24, 2.45) is 5.73 Å². The highest BCUT2D eigenvalue weighted by molar-refractivity contribution is 7.99. The molecule has 0 radical (unpaired) electrons. The Hall–Kier alpha value is 0.270. The SMILES string of the molecule is CSC1CCN(C(C)CN)CC1. The Labute approximate surface area is 79.9 Å². The molecule has 72 valence electrons. The molecule has 1 fully saturated rings. The summed E-state index contributed by atoms with van der Waals surface area (Å²) in [5.74, 6) is 0. The summed E-state index contributed by atoms with van der Waals surface area (Å²) in [6.07, 6.45) is 4.89. The lowest BCUT2D eigenvalue weighted by Gasteiger charge is -2.34. The molecule has 1 atom stereocenters. The first-order chi connectivity index (χ1) is 5.77. The van der Waals surface area contributed by atoms with E-state index in [0.717, 1.165) is 11.8 Å². The molecule has 0 saturated carbocycles. The van der Waals surface area contributed by atoms with Crippen LogP contribution in [-0.2, 0) is 0 Å². The minimum absolute atomic E-state index is 0.577. The fourth-order valence-electron chi connectivity index (χ4n) is 1.70. The number of likely N-dealkylation sites (tertiary alicyclic amines) is 1. The molecule has 0 aromatic rings. The molecule has 0 amide bonds. The summed E-state index contributed by atoms with van der Waals surface area (Å²) in [5.41, 5.74) is 5.62. The predicted molar refractivity (Wildman–Crippen MR) is 56.6 cm³/mol. The second kappa shape index (κ2) is 5.10. The molecular formula is C9H20N2S. The normalized spacial score (nSPS) is 24.2. The number of rotatable bonds is 3. The van der Waals surface area contributed by atoms with Crippen LogP contribution >= 0.6 is 11.8 Å². The van der Waals surface area contributed by atoms with Gasteiger partial charge in [-0.2, -0.15) is 11.8 Å². The summed E-state index contributed by atoms with van der Waals surface area (Å²) in [6, 6.07) is 0.577. The summed E-state index contributed by atoms with van der Waals surface area (Å²) >= 11 is 2.01. The Kier molecular flexibility index (Phi) is 4.40. The van der Waals surface area contributed by atoms with E-state index in [-0.39, 0.29) is 0 Å². The molecule has 2 N–H and O–H groups in total. The van der Waals surface area contributed by atoms with Crippen molar-refractivity contribution in [2.75, 3.05) is 25.9 Å². The summed E-state index contributed by atoms with van der Waals surface area (Å²) in [5, 5.41) is 0.895. The van der Waals surface area contributed by atoms with Crippen LogP contribution in [0.3, 0.4) is 0 Å². The number of nitrogens with two attached hydrogens (primary N) is 1. The van der Waals surface area contributed by atoms with Crippen molar-refractivity contribution in [1.29, 1.82) is 0 Å². The maximum absolute atomic E-state index is 5.62. The maximum Gasteiger partial charge on any atom is 0.0190 e. The Bertz CT molecular complexity index is 122. The molecule has 1 rings (SSSR count). The van der Waals surface area contributed by atoms with Crippen molar-refractivity contribution in [1.82, 2.24) is 4.90 Å². The predicted octanol–water partition coefficient (Wildman–Crippen LogP) is 1.16. The minimum Gasteiger partial charge on any atom is -0.329 e. The molecule has 0 aromatic heterocycles. The quantitative estimate of drug-likeness (QED) is 0.721. The van der Waals surface area contributed by atoms with E-state index in [1.165, 1.54) is 25.9 Å². The molecule has 1 aliphatic heterocycles. The van der Waals surface area contributed by atoms with E-state index in [9.17, 15) is 0 Å². The van der Waals surface area contributed by atoms with Crippen molar-refractivity contribution in [3.05, 3.63) is 0 Å². The number of hydrogen-bond donors (Lipinski definition) is 1. The van der Waals surface area contributed by atoms with Crippen LogP contribution in [-0.4, -0.2) is 42.1 Å². The van der Waals surface area contributed by atoms with Crippen LogP contribution in [0.4, 0.5) is 0 Å². The van der Waals surface area contributed by atoms with Crippen LogP contribution in [0.1, 0.15) is 19.8 Å². The topological polar surface area (TPSA) is 29.3 Å². The smallest absolute Gasteiger partial charge is 0.0190 e. The molecule has 1 aliphatic rings. The van der Waals surface area contributed by atoms with E-state index >= 15 is 0 Å². The summed E-state index contributed by atoms with van der Waals surface area (Å²) in [4.78, 5) is 2.51. The molecule has 2 nitrogen and oxygen atoms in total. The second-order valence-corrected chi connectivity index (χ2v) is 4.69. The van der Waals surface area contributed by atoms with Gasteiger partial charge in [0.2, 0.25) is 0 Å². The molecule has 1 saturated heterocycles. The third-order valence-electron chi connectivity index (χ3n) is 2.77. The lowest BCUT2D eigenvalue weighted by molar-refractivity contribution is 0.181. The number of nitrogens with zero attached hydrogens (tertiary/aromatic N) is 1. The third kappa shape index (κ3) is 2.64. The lowest BCUT2D eigenvalue weighted by Crippen LogP contribution is -2.44. The van der Waals surface area contributed by atoms with E-state index in [1.54, 1.807) is 0 Å². The standard InChI is InChI=1S/C9H20N2S/c1-8(7-10)11-5-3-9(12-2)4-6-11/h8-9H,3-7,10H2,1-2H3. The second-order valence-electron chi connectivity index (χ2n) is 3.56. The number of hydrogen-bond acceptors (Lipinski definition) is 3. The van der Waals surface area contributed by atoms with Gasteiger partial charge in [-0.05, 0) is 39.1 Å². The molecule has 1 unspecified atom stereocenters. The lowest BCUT2D eigenvalue weighted by atomic mass is 10.1. The highest BCUT2D eigenvalue weighted by Crippen LogP contribution is 2.21. The van der Waals surface area contributed by atoms with Crippen molar-refractivity contribution in [2.45, 2.75) is 31.1 Å². The highest BCUT2D eigenvalue weighted by atomic mass is 32.2. The number of thioether (sulfide) groups is 1. The zero-order chi connectivity index (χ0) is 8.97. The Balaban J connectivity index is 2.25. The molecule has 3 heteroatoms. The molecule has 0 aromatic carbocycles. The molecule has 12 heavy (non-hydrogen) atoms. The van der Waals surface area contributed by atoms with Crippen molar-refractivity contribution < 1.29 is 0 Å². The highest BCUT2D eigenvalue weighted by Gasteiger charge is 2.20. The first kappa shape index (κ1) is 10.4. The van der Waals surface area contributed by atoms with Crippen LogP contribution in [0.5, 0.6) is 0 Å². The molecular weight excluding hydrogens is 168 g/mol. The van der Waals surface area contributed by atoms with Gasteiger partial charge in [0.05, 0.1) is 0 Å². The molecule has 0 bridgehead atoms. The minimum atomic E-state index is 0.577. The van der Waals surface area contributed by atoms with E-state index in [4.69, 9.17) is 5.73 Å². The van der Waals surface area contributed by atoms with Gasteiger partial charge < -0.3 is 5.73 Å². The van der Waals surface area contributed by atoms with Gasteiger partial charge in [0.25, 0.3) is 0 Å². The first-order valence-electron chi connectivity index (χ1n) is 4.74. The van der Waals surface area contributed by atoms with E-state index in [1.807, 2.05) is 11.8 Å². The zero-order valence-electron chi connectivity index (χ0n) is 8.12. The summed E-state index contributed by atoms with van der Waals surface area (Å²) < 4.78 is 0. The largest absolute Gasteiger partial charge is 0.329 e. The zero-order valence-corrected chi connectivity index (χ0v) is 8.94. The first-order valence-corrected chi connectivity index (χ1v) is 6.03. The Morgan fingerprint density at radius 3 is 2.50 bits per heavy atom. The van der Waals surface area contributed by atoms with Gasteiger partial charge in [0.15, 0.2) is 0 Å². The van der Waals surface area contributed by atoms with Gasteiger partial charge >= 0.3 is 0 Å². The Morgan fingerprint density at radius 1 is 1.50 bits per heavy atom. The average molecular weight is 188 g/mol. The monoisotopic (exact) mass is 188 g/mol. The Morgan fingerprint density at radius 2 is 2.08 bits per heavy atom. The average Bonchev–Trinajstić information content (AvgIpc) is 2.17. The molecule has 0 spiro atoms. The maximum atomic E-state index is 5.62. The van der Waals surface area contributed by atoms with Crippen molar-refractivity contribution in [3.63, 3.8) is 0 Å². The van der Waals surface area contributed by atoms with Gasteiger partial charge in [-0.3, -0.25) is 4.90 Å². The van der Waals surface area contributed by atoms with Crippen molar-refractivity contribution >= 4 is 11.8 Å². The third-order valence-corrected chi connectivity index (χ3v) is 3.91. The van der Waals surface area contributed by atoms with Crippen molar-refractivity contribution in [3.8, 4) is 0 Å². The van der Waals surface area contributed by atoms with Crippen LogP contribution in [0.25, 0.3) is 0 Å². The summed E-state index contributed by atoms with van der Waals surface area (Å²) in [6.45, 7) is 5.50. The fraction of sp³-hybridized carbons (Fsp3) is 1.00. The van der Waals surface area contributed by atoms with Crippen LogP contribution < -0.4 is 5.73 Å². The van der Waals surface area contributed by atoms with E-state index in [2.05, 4.69) is 18.1 Å². The molecule has 0 aliphatic carbocycles. The fourth-order valence-corrected chi connectivity index (χ4v) is 2.38. The van der Waals surface area contributed by atoms with E-state index in [0.29, 0.717) is 6.04 Å². The summed E-state index contributed by atoms with van der Waals surface area (Å²) in [7, 11) is 0. The van der Waals surface area contributed by atoms with Gasteiger partial charge in [-0.1, -0.05) is 0 Å².